The Balaban J connectivity index is 1.66. The van der Waals surface area contributed by atoms with E-state index in [9.17, 15) is 14.7 Å². The molecule has 0 spiro atoms. The highest BCUT2D eigenvalue weighted by atomic mass is 16.5. The van der Waals surface area contributed by atoms with Crippen LogP contribution in [-0.4, -0.2) is 69.5 Å². The summed E-state index contributed by atoms with van der Waals surface area (Å²) in [5.41, 5.74) is 2.25. The van der Waals surface area contributed by atoms with Gasteiger partial charge in [0, 0.05) is 38.5 Å². The summed E-state index contributed by atoms with van der Waals surface area (Å²) in [7, 11) is 0. The minimum atomic E-state index is -1.05. The number of carboxylic acid groups (broad SMARTS) is 2. The fourth-order valence-electron chi connectivity index (χ4n) is 3.21. The van der Waals surface area contributed by atoms with Gasteiger partial charge in [0.1, 0.15) is 11.3 Å². The van der Waals surface area contributed by atoms with Gasteiger partial charge in [-0.25, -0.2) is 14.6 Å². The molecule has 1 atom stereocenters. The topological polar surface area (TPSA) is 116 Å². The number of rotatable bonds is 4. The average Bonchev–Trinajstić information content (AvgIpc) is 2.98. The number of fused-ring (bicyclic) bond motifs is 1. The average molecular weight is 363 g/mol. The van der Waals surface area contributed by atoms with Crippen molar-refractivity contribution >= 4 is 23.3 Å². The smallest absolute Gasteiger partial charge is 0.407 e. The van der Waals surface area contributed by atoms with Crippen molar-refractivity contribution in [1.82, 2.24) is 14.8 Å². The first-order chi connectivity index (χ1) is 12.4. The van der Waals surface area contributed by atoms with Gasteiger partial charge in [-0.3, -0.25) is 0 Å². The van der Waals surface area contributed by atoms with E-state index in [4.69, 9.17) is 14.3 Å². The van der Waals surface area contributed by atoms with Crippen LogP contribution in [0, 0.1) is 13.8 Å². The first kappa shape index (κ1) is 17.8. The van der Waals surface area contributed by atoms with Gasteiger partial charge in [-0.1, -0.05) is 0 Å². The summed E-state index contributed by atoms with van der Waals surface area (Å²) in [4.78, 5) is 29.3. The van der Waals surface area contributed by atoms with E-state index >= 15 is 0 Å². The quantitative estimate of drug-likeness (QED) is 0.857. The van der Waals surface area contributed by atoms with E-state index in [1.165, 1.54) is 9.80 Å². The minimum absolute atomic E-state index is 0.143. The van der Waals surface area contributed by atoms with Crippen molar-refractivity contribution in [2.75, 3.05) is 26.2 Å². The lowest BCUT2D eigenvalue weighted by molar-refractivity contribution is 0.0562. The molecule has 0 bridgehead atoms. The van der Waals surface area contributed by atoms with Crippen LogP contribution >= 0.6 is 0 Å². The van der Waals surface area contributed by atoms with Gasteiger partial charge in [-0.05, 0) is 19.1 Å². The first-order valence-corrected chi connectivity index (χ1v) is 8.33. The van der Waals surface area contributed by atoms with Crippen molar-refractivity contribution in [3.63, 3.8) is 0 Å². The zero-order chi connectivity index (χ0) is 18.8. The van der Waals surface area contributed by atoms with Gasteiger partial charge in [-0.15, -0.1) is 0 Å². The van der Waals surface area contributed by atoms with Crippen molar-refractivity contribution in [3.8, 4) is 5.75 Å². The number of oxazole rings is 1. The zero-order valence-electron chi connectivity index (χ0n) is 14.6. The van der Waals surface area contributed by atoms with Crippen LogP contribution in [-0.2, 0) is 0 Å². The standard InChI is InChI=1S/C17H21N3O6/c1-10-14(4-3-13-15(10)26-11(2)18-13)25-8-5-12-9-19(16(21)22)6-7-20(12)17(23)24/h3-4,12H,5-9H2,1-2H3,(H,21,22)(H,23,24)/t12-/m1/s1. The number of aryl methyl sites for hydroxylation is 2. The molecule has 0 aliphatic carbocycles. The van der Waals surface area contributed by atoms with Crippen LogP contribution < -0.4 is 4.74 Å². The van der Waals surface area contributed by atoms with Gasteiger partial charge in [0.05, 0.1) is 12.6 Å². The highest BCUT2D eigenvalue weighted by molar-refractivity contribution is 5.78. The van der Waals surface area contributed by atoms with Crippen LogP contribution in [0.3, 0.4) is 0 Å². The summed E-state index contributed by atoms with van der Waals surface area (Å²) in [5.74, 6) is 1.22. The van der Waals surface area contributed by atoms with Crippen LogP contribution in [0.4, 0.5) is 9.59 Å². The highest BCUT2D eigenvalue weighted by Gasteiger charge is 2.32. The molecule has 2 N–H and O–H groups in total. The predicted molar refractivity (Wildman–Crippen MR) is 91.7 cm³/mol. The van der Waals surface area contributed by atoms with Gasteiger partial charge in [-0.2, -0.15) is 0 Å². The number of ether oxygens (including phenoxy) is 1. The fraction of sp³-hybridized carbons (Fsp3) is 0.471. The van der Waals surface area contributed by atoms with E-state index in [2.05, 4.69) is 4.98 Å². The fourth-order valence-corrected chi connectivity index (χ4v) is 3.21. The molecule has 2 heterocycles. The number of piperazine rings is 1. The lowest BCUT2D eigenvalue weighted by Crippen LogP contribution is -2.56. The van der Waals surface area contributed by atoms with Crippen molar-refractivity contribution < 1.29 is 29.0 Å². The number of benzene rings is 1. The van der Waals surface area contributed by atoms with Crippen molar-refractivity contribution in [2.24, 2.45) is 0 Å². The molecule has 0 radical (unpaired) electrons. The Hall–Kier alpha value is -2.97. The Kier molecular flexibility index (Phi) is 4.88. The van der Waals surface area contributed by atoms with Crippen LogP contribution in [0.25, 0.3) is 11.1 Å². The Morgan fingerprint density at radius 1 is 1.27 bits per heavy atom. The molecule has 2 aromatic rings. The van der Waals surface area contributed by atoms with Crippen molar-refractivity contribution in [3.05, 3.63) is 23.6 Å². The van der Waals surface area contributed by atoms with Crippen LogP contribution in [0.5, 0.6) is 5.75 Å². The van der Waals surface area contributed by atoms with Crippen LogP contribution in [0.1, 0.15) is 17.9 Å². The largest absolute Gasteiger partial charge is 0.493 e. The Morgan fingerprint density at radius 3 is 2.73 bits per heavy atom. The van der Waals surface area contributed by atoms with E-state index in [0.29, 0.717) is 23.6 Å². The summed E-state index contributed by atoms with van der Waals surface area (Å²) in [6.45, 7) is 4.40. The second kappa shape index (κ2) is 7.11. The van der Waals surface area contributed by atoms with E-state index in [1.54, 1.807) is 13.0 Å². The maximum atomic E-state index is 11.4. The van der Waals surface area contributed by atoms with Crippen molar-refractivity contribution in [1.29, 1.82) is 0 Å². The molecule has 1 saturated heterocycles. The maximum Gasteiger partial charge on any atom is 0.407 e. The normalized spacial score (nSPS) is 17.5. The molecule has 0 saturated carbocycles. The zero-order valence-corrected chi connectivity index (χ0v) is 14.6. The van der Waals surface area contributed by atoms with Gasteiger partial charge >= 0.3 is 12.2 Å². The van der Waals surface area contributed by atoms with Crippen LogP contribution in [0.15, 0.2) is 16.5 Å². The Bertz CT molecular complexity index is 833. The first-order valence-electron chi connectivity index (χ1n) is 8.33. The number of hydrogen-bond donors (Lipinski definition) is 2. The van der Waals surface area contributed by atoms with Gasteiger partial charge in [0.25, 0.3) is 0 Å². The molecule has 1 aliphatic rings. The third kappa shape index (κ3) is 3.51. The predicted octanol–water partition coefficient (Wildman–Crippen LogP) is 2.56. The molecule has 26 heavy (non-hydrogen) atoms. The molecule has 1 fully saturated rings. The third-order valence-electron chi connectivity index (χ3n) is 4.57. The monoisotopic (exact) mass is 363 g/mol. The second-order valence-electron chi connectivity index (χ2n) is 6.27. The number of hydrogen-bond acceptors (Lipinski definition) is 5. The number of amides is 2. The molecule has 140 valence electrons. The molecule has 2 amide bonds. The molecule has 9 heteroatoms. The molecular formula is C17H21N3O6. The van der Waals surface area contributed by atoms with E-state index in [-0.39, 0.29) is 26.2 Å². The third-order valence-corrected chi connectivity index (χ3v) is 4.57. The number of nitrogens with zero attached hydrogens (tertiary/aromatic N) is 3. The van der Waals surface area contributed by atoms with E-state index in [1.807, 2.05) is 13.0 Å². The number of aromatic nitrogens is 1. The molecule has 9 nitrogen and oxygen atoms in total. The summed E-state index contributed by atoms with van der Waals surface area (Å²) in [6, 6.07) is 3.18. The van der Waals surface area contributed by atoms with E-state index in [0.717, 1.165) is 11.1 Å². The molecule has 1 aliphatic heterocycles. The van der Waals surface area contributed by atoms with E-state index < -0.39 is 18.2 Å². The lowest BCUT2D eigenvalue weighted by Gasteiger charge is -2.38. The van der Waals surface area contributed by atoms with Gasteiger partial charge < -0.3 is 29.2 Å². The molecule has 1 aromatic heterocycles. The van der Waals surface area contributed by atoms with Gasteiger partial charge in [0.2, 0.25) is 0 Å². The number of carbonyl (C=O) groups is 2. The summed E-state index contributed by atoms with van der Waals surface area (Å²) >= 11 is 0. The SMILES string of the molecule is Cc1nc2ccc(OCC[C@@H]3CN(C(=O)O)CCN3C(=O)O)c(C)c2o1. The Labute approximate surface area is 149 Å². The molecule has 0 unspecified atom stereocenters. The summed E-state index contributed by atoms with van der Waals surface area (Å²) < 4.78 is 11.4. The highest BCUT2D eigenvalue weighted by Crippen LogP contribution is 2.28. The lowest BCUT2D eigenvalue weighted by atomic mass is 10.1. The molecule has 3 rings (SSSR count). The minimum Gasteiger partial charge on any atom is -0.493 e. The summed E-state index contributed by atoms with van der Waals surface area (Å²) in [5, 5.41) is 18.5. The van der Waals surface area contributed by atoms with Crippen molar-refractivity contribution in [2.45, 2.75) is 26.3 Å². The Morgan fingerprint density at radius 2 is 2.04 bits per heavy atom. The maximum absolute atomic E-state index is 11.4. The molecule has 1 aromatic carbocycles. The summed E-state index contributed by atoms with van der Waals surface area (Å²) in [6.07, 6.45) is -1.69. The molecular weight excluding hydrogens is 342 g/mol. The van der Waals surface area contributed by atoms with Gasteiger partial charge in [0.15, 0.2) is 11.5 Å². The van der Waals surface area contributed by atoms with Crippen LogP contribution in [0.2, 0.25) is 0 Å². The second-order valence-corrected chi connectivity index (χ2v) is 6.27.